The number of primary amides is 1. The molecular formula is C14H22N4O4. The van der Waals surface area contributed by atoms with Gasteiger partial charge in [0, 0.05) is 6.20 Å². The van der Waals surface area contributed by atoms with Crippen LogP contribution in [0.25, 0.3) is 6.20 Å². The molecule has 0 aliphatic rings. The number of carbonyl (C=O) groups is 2. The van der Waals surface area contributed by atoms with E-state index < -0.39 is 17.5 Å². The molecule has 1 aromatic rings. The van der Waals surface area contributed by atoms with Crippen LogP contribution in [0, 0.1) is 0 Å². The lowest BCUT2D eigenvalue weighted by Gasteiger charge is -2.21. The second-order valence-electron chi connectivity index (χ2n) is 5.49. The Morgan fingerprint density at radius 1 is 1.45 bits per heavy atom. The van der Waals surface area contributed by atoms with E-state index in [1.54, 1.807) is 26.1 Å². The second-order valence-corrected chi connectivity index (χ2v) is 5.49. The van der Waals surface area contributed by atoms with Gasteiger partial charge >= 0.3 is 6.09 Å². The van der Waals surface area contributed by atoms with E-state index in [1.165, 1.54) is 18.0 Å². The molecule has 2 amide bonds. The lowest BCUT2D eigenvalue weighted by molar-refractivity contribution is 0.0994. The Kier molecular flexibility index (Phi) is 5.56. The standard InChI is InChI=1S/C14H22N4O4/c1-9(2)22-12-10(11(15)19)8-16-18(12)7-6-14(3,4)17-13(20)21-5/h6-9H,1-5H3,(H2,15,19)(H,17,20)/b7-6+. The summed E-state index contributed by atoms with van der Waals surface area (Å²) in [6.45, 7) is 7.22. The Balaban J connectivity index is 3.04. The van der Waals surface area contributed by atoms with Gasteiger partial charge in [-0.1, -0.05) is 0 Å². The van der Waals surface area contributed by atoms with Gasteiger partial charge in [-0.05, 0) is 33.8 Å². The van der Waals surface area contributed by atoms with Crippen LogP contribution in [0.5, 0.6) is 5.88 Å². The number of alkyl carbamates (subject to hydrolysis) is 1. The van der Waals surface area contributed by atoms with Crippen LogP contribution in [-0.4, -0.2) is 40.5 Å². The molecule has 0 radical (unpaired) electrons. The van der Waals surface area contributed by atoms with Gasteiger partial charge in [0.05, 0.1) is 24.9 Å². The van der Waals surface area contributed by atoms with E-state index >= 15 is 0 Å². The van der Waals surface area contributed by atoms with Crippen LogP contribution in [0.15, 0.2) is 12.3 Å². The van der Waals surface area contributed by atoms with Gasteiger partial charge in [-0.25, -0.2) is 9.48 Å². The molecule has 8 heteroatoms. The zero-order valence-electron chi connectivity index (χ0n) is 13.4. The van der Waals surface area contributed by atoms with Crippen LogP contribution in [-0.2, 0) is 4.74 Å². The molecule has 8 nitrogen and oxygen atoms in total. The van der Waals surface area contributed by atoms with Gasteiger partial charge in [0.1, 0.15) is 5.56 Å². The largest absolute Gasteiger partial charge is 0.474 e. The Bertz CT molecular complexity index is 575. The molecule has 0 bridgehead atoms. The van der Waals surface area contributed by atoms with Gasteiger partial charge in [0.25, 0.3) is 5.91 Å². The number of nitrogens with zero attached hydrogens (tertiary/aromatic N) is 2. The summed E-state index contributed by atoms with van der Waals surface area (Å²) >= 11 is 0. The van der Waals surface area contributed by atoms with Crippen LogP contribution in [0.1, 0.15) is 38.1 Å². The fraction of sp³-hybridized carbons (Fsp3) is 0.500. The van der Waals surface area contributed by atoms with Crippen LogP contribution in [0.2, 0.25) is 0 Å². The number of ether oxygens (including phenoxy) is 2. The van der Waals surface area contributed by atoms with Crippen LogP contribution < -0.4 is 15.8 Å². The Hall–Kier alpha value is -2.51. The van der Waals surface area contributed by atoms with Crippen molar-refractivity contribution in [2.75, 3.05) is 7.11 Å². The summed E-state index contributed by atoms with van der Waals surface area (Å²) in [7, 11) is 1.29. The normalized spacial score (nSPS) is 11.7. The summed E-state index contributed by atoms with van der Waals surface area (Å²) in [6, 6.07) is 0. The highest BCUT2D eigenvalue weighted by molar-refractivity contribution is 5.95. The van der Waals surface area contributed by atoms with Crippen LogP contribution in [0.4, 0.5) is 4.79 Å². The third-order valence-corrected chi connectivity index (χ3v) is 2.60. The van der Waals surface area contributed by atoms with Crippen molar-refractivity contribution in [1.82, 2.24) is 15.1 Å². The zero-order valence-corrected chi connectivity index (χ0v) is 13.4. The Labute approximate surface area is 129 Å². The number of amides is 2. The molecule has 0 aliphatic heterocycles. The molecule has 0 aromatic carbocycles. The Morgan fingerprint density at radius 3 is 2.59 bits per heavy atom. The van der Waals surface area contributed by atoms with E-state index in [0.717, 1.165) is 0 Å². The lowest BCUT2D eigenvalue weighted by atomic mass is 10.1. The summed E-state index contributed by atoms with van der Waals surface area (Å²) < 4.78 is 11.5. The number of hydrogen-bond donors (Lipinski definition) is 2. The number of hydrogen-bond acceptors (Lipinski definition) is 5. The van der Waals surface area contributed by atoms with Crippen LogP contribution >= 0.6 is 0 Å². The van der Waals surface area contributed by atoms with Gasteiger partial charge in [0.15, 0.2) is 0 Å². The smallest absolute Gasteiger partial charge is 0.407 e. The van der Waals surface area contributed by atoms with Gasteiger partial charge in [-0.3, -0.25) is 4.79 Å². The third-order valence-electron chi connectivity index (χ3n) is 2.60. The summed E-state index contributed by atoms with van der Waals surface area (Å²) in [5, 5.41) is 6.70. The summed E-state index contributed by atoms with van der Waals surface area (Å²) in [6.07, 6.45) is 3.91. The summed E-state index contributed by atoms with van der Waals surface area (Å²) in [4.78, 5) is 22.7. The minimum Gasteiger partial charge on any atom is -0.474 e. The molecule has 122 valence electrons. The van der Waals surface area contributed by atoms with Crippen molar-refractivity contribution in [3.63, 3.8) is 0 Å². The predicted molar refractivity (Wildman–Crippen MR) is 81.5 cm³/mol. The van der Waals surface area contributed by atoms with Gasteiger partial charge in [0.2, 0.25) is 5.88 Å². The fourth-order valence-electron chi connectivity index (χ4n) is 1.58. The first kappa shape index (κ1) is 17.5. The summed E-state index contributed by atoms with van der Waals surface area (Å²) in [5.74, 6) is -0.366. The quantitative estimate of drug-likeness (QED) is 0.825. The van der Waals surface area contributed by atoms with E-state index in [-0.39, 0.29) is 17.5 Å². The van der Waals surface area contributed by atoms with Crippen molar-refractivity contribution >= 4 is 18.2 Å². The number of nitrogens with one attached hydrogen (secondary N) is 1. The first-order valence-corrected chi connectivity index (χ1v) is 6.75. The van der Waals surface area contributed by atoms with E-state index in [4.69, 9.17) is 10.5 Å². The number of methoxy groups -OCH3 is 1. The van der Waals surface area contributed by atoms with E-state index in [9.17, 15) is 9.59 Å². The molecular weight excluding hydrogens is 288 g/mol. The maximum Gasteiger partial charge on any atom is 0.407 e. The predicted octanol–water partition coefficient (Wildman–Crippen LogP) is 1.37. The molecule has 1 rings (SSSR count). The molecule has 0 saturated heterocycles. The minimum atomic E-state index is -0.680. The fourth-order valence-corrected chi connectivity index (χ4v) is 1.58. The highest BCUT2D eigenvalue weighted by Crippen LogP contribution is 2.20. The molecule has 1 aromatic heterocycles. The molecule has 0 fully saturated rings. The SMILES string of the molecule is COC(=O)NC(C)(C)/C=C/n1ncc(C(N)=O)c1OC(C)C. The van der Waals surface area contributed by atoms with Gasteiger partial charge < -0.3 is 20.5 Å². The molecule has 0 spiro atoms. The first-order chi connectivity index (χ1) is 10.2. The molecule has 0 saturated carbocycles. The van der Waals surface area contributed by atoms with Crippen molar-refractivity contribution in [2.45, 2.75) is 39.3 Å². The molecule has 1 heterocycles. The highest BCUT2D eigenvalue weighted by atomic mass is 16.5. The maximum atomic E-state index is 11.4. The molecule has 0 atom stereocenters. The summed E-state index contributed by atoms with van der Waals surface area (Å²) in [5.41, 5.74) is 4.81. The average Bonchev–Trinajstić information content (AvgIpc) is 2.78. The first-order valence-electron chi connectivity index (χ1n) is 6.75. The number of nitrogens with two attached hydrogens (primary N) is 1. The second kappa shape index (κ2) is 6.97. The van der Waals surface area contributed by atoms with E-state index in [0.29, 0.717) is 0 Å². The highest BCUT2D eigenvalue weighted by Gasteiger charge is 2.20. The van der Waals surface area contributed by atoms with Crippen molar-refractivity contribution in [3.05, 3.63) is 17.8 Å². The molecule has 22 heavy (non-hydrogen) atoms. The topological polar surface area (TPSA) is 108 Å². The zero-order chi connectivity index (χ0) is 16.9. The number of aromatic nitrogens is 2. The average molecular weight is 310 g/mol. The minimum absolute atomic E-state index is 0.150. The van der Waals surface area contributed by atoms with Crippen molar-refractivity contribution in [2.24, 2.45) is 5.73 Å². The monoisotopic (exact) mass is 310 g/mol. The van der Waals surface area contributed by atoms with Crippen LogP contribution in [0.3, 0.4) is 0 Å². The van der Waals surface area contributed by atoms with E-state index in [2.05, 4.69) is 15.2 Å². The molecule has 3 N–H and O–H groups in total. The van der Waals surface area contributed by atoms with Crippen molar-refractivity contribution in [3.8, 4) is 5.88 Å². The van der Waals surface area contributed by atoms with Gasteiger partial charge in [-0.15, -0.1) is 0 Å². The number of carbonyl (C=O) groups excluding carboxylic acids is 2. The van der Waals surface area contributed by atoms with Crippen molar-refractivity contribution < 1.29 is 19.1 Å². The number of rotatable bonds is 6. The third kappa shape index (κ3) is 4.80. The van der Waals surface area contributed by atoms with Gasteiger partial charge in [-0.2, -0.15) is 5.10 Å². The Morgan fingerprint density at radius 2 is 2.09 bits per heavy atom. The molecule has 0 aliphatic carbocycles. The maximum absolute atomic E-state index is 11.4. The van der Waals surface area contributed by atoms with E-state index in [1.807, 2.05) is 13.8 Å². The lowest BCUT2D eigenvalue weighted by Crippen LogP contribution is -2.41. The van der Waals surface area contributed by atoms with Crippen molar-refractivity contribution in [1.29, 1.82) is 0 Å². The molecule has 0 unspecified atom stereocenters.